The first kappa shape index (κ1) is 15.3. The number of benzene rings is 1. The third-order valence-corrected chi connectivity index (χ3v) is 5.65. The molecule has 24 heavy (non-hydrogen) atoms. The Balaban J connectivity index is 1.50. The second kappa shape index (κ2) is 6.70. The Bertz CT molecular complexity index is 962. The zero-order chi connectivity index (χ0) is 16.4. The van der Waals surface area contributed by atoms with Crippen LogP contribution in [0.3, 0.4) is 0 Å². The van der Waals surface area contributed by atoms with Crippen LogP contribution in [0, 0.1) is 0 Å². The lowest BCUT2D eigenvalue weighted by atomic mass is 10.1. The minimum Gasteiger partial charge on any atom is -0.338 e. The Morgan fingerprint density at radius 3 is 2.83 bits per heavy atom. The minimum absolute atomic E-state index is 0.587. The molecule has 4 rings (SSSR count). The van der Waals surface area contributed by atoms with Crippen molar-refractivity contribution < 1.29 is 4.52 Å². The van der Waals surface area contributed by atoms with Gasteiger partial charge in [-0.2, -0.15) is 4.98 Å². The van der Waals surface area contributed by atoms with Gasteiger partial charge in [0, 0.05) is 5.56 Å². The highest BCUT2D eigenvalue weighted by Crippen LogP contribution is 2.30. The molecule has 0 atom stereocenters. The lowest BCUT2D eigenvalue weighted by Gasteiger charge is -1.98. The molecular weight excluding hydrogens is 340 g/mol. The molecule has 0 amide bonds. The summed E-state index contributed by atoms with van der Waals surface area (Å²) in [6.45, 7) is 2.14. The van der Waals surface area contributed by atoms with Gasteiger partial charge in [0.05, 0.1) is 16.0 Å². The number of aryl methyl sites for hydroxylation is 1. The predicted molar refractivity (Wildman–Crippen MR) is 96.1 cm³/mol. The Morgan fingerprint density at radius 1 is 1.12 bits per heavy atom. The molecule has 0 saturated heterocycles. The molecule has 5 nitrogen and oxygen atoms in total. The largest absolute Gasteiger partial charge is 0.338 e. The van der Waals surface area contributed by atoms with Crippen LogP contribution in [-0.2, 0) is 12.2 Å². The topological polar surface area (TPSA) is 64.7 Å². The average molecular weight is 354 g/mol. The number of thioether (sulfide) groups is 1. The van der Waals surface area contributed by atoms with E-state index in [9.17, 15) is 0 Å². The minimum atomic E-state index is 0.587. The molecule has 0 aliphatic carbocycles. The summed E-state index contributed by atoms with van der Waals surface area (Å²) in [5.74, 6) is 1.81. The summed E-state index contributed by atoms with van der Waals surface area (Å²) in [6.07, 6.45) is 2.61. The molecule has 0 aliphatic heterocycles. The highest BCUT2D eigenvalue weighted by Gasteiger charge is 2.11. The Morgan fingerprint density at radius 2 is 2.00 bits per heavy atom. The van der Waals surface area contributed by atoms with Gasteiger partial charge in [-0.3, -0.25) is 0 Å². The van der Waals surface area contributed by atoms with Crippen LogP contribution >= 0.6 is 23.1 Å². The SMILES string of the molecule is CCc1ccc(-c2noc(CSc3ncnc4ccsc34)n2)cc1. The summed E-state index contributed by atoms with van der Waals surface area (Å²) in [5.41, 5.74) is 3.23. The maximum atomic E-state index is 5.37. The van der Waals surface area contributed by atoms with E-state index in [0.717, 1.165) is 27.2 Å². The Kier molecular flexibility index (Phi) is 4.27. The van der Waals surface area contributed by atoms with Crippen LogP contribution in [0.2, 0.25) is 0 Å². The van der Waals surface area contributed by atoms with Gasteiger partial charge >= 0.3 is 0 Å². The van der Waals surface area contributed by atoms with E-state index in [2.05, 4.69) is 39.2 Å². The molecule has 1 aromatic carbocycles. The second-order valence-electron chi connectivity index (χ2n) is 5.16. The quantitative estimate of drug-likeness (QED) is 0.386. The smallest absolute Gasteiger partial charge is 0.237 e. The van der Waals surface area contributed by atoms with E-state index in [1.54, 1.807) is 29.4 Å². The molecule has 0 spiro atoms. The number of rotatable bonds is 5. The van der Waals surface area contributed by atoms with Crippen LogP contribution in [0.1, 0.15) is 18.4 Å². The zero-order valence-corrected chi connectivity index (χ0v) is 14.6. The van der Waals surface area contributed by atoms with E-state index < -0.39 is 0 Å². The number of aromatic nitrogens is 4. The van der Waals surface area contributed by atoms with Crippen LogP contribution in [0.25, 0.3) is 21.6 Å². The van der Waals surface area contributed by atoms with E-state index in [0.29, 0.717) is 17.5 Å². The summed E-state index contributed by atoms with van der Waals surface area (Å²) >= 11 is 3.23. The number of hydrogen-bond donors (Lipinski definition) is 0. The lowest BCUT2D eigenvalue weighted by molar-refractivity contribution is 0.391. The molecule has 7 heteroatoms. The monoisotopic (exact) mass is 354 g/mol. The van der Waals surface area contributed by atoms with Crippen LogP contribution in [0.5, 0.6) is 0 Å². The molecule has 0 radical (unpaired) electrons. The Hall–Kier alpha value is -2.25. The molecular formula is C17H14N4OS2. The fourth-order valence-electron chi connectivity index (χ4n) is 2.32. The zero-order valence-electron chi connectivity index (χ0n) is 13.0. The highest BCUT2D eigenvalue weighted by atomic mass is 32.2. The van der Waals surface area contributed by atoms with Crippen molar-refractivity contribution in [2.75, 3.05) is 0 Å². The van der Waals surface area contributed by atoms with Crippen LogP contribution in [0.15, 0.2) is 51.6 Å². The standard InChI is InChI=1S/C17H14N4OS2/c1-2-11-3-5-12(6-4-11)16-20-14(22-21-16)9-24-17-15-13(7-8-23-15)18-10-19-17/h3-8,10H,2,9H2,1H3. The van der Waals surface area contributed by atoms with Gasteiger partial charge in [0.2, 0.25) is 11.7 Å². The molecule has 3 heterocycles. The van der Waals surface area contributed by atoms with Gasteiger partial charge in [0.25, 0.3) is 0 Å². The van der Waals surface area contributed by atoms with Gasteiger partial charge < -0.3 is 4.52 Å². The number of thiophene rings is 1. The van der Waals surface area contributed by atoms with Gasteiger partial charge in [0.15, 0.2) is 0 Å². The highest BCUT2D eigenvalue weighted by molar-refractivity contribution is 7.98. The van der Waals surface area contributed by atoms with Crippen LogP contribution in [0.4, 0.5) is 0 Å². The number of hydrogen-bond acceptors (Lipinski definition) is 7. The van der Waals surface area contributed by atoms with E-state index in [1.165, 1.54) is 5.56 Å². The summed E-state index contributed by atoms with van der Waals surface area (Å²) in [4.78, 5) is 13.1. The first-order valence-corrected chi connectivity index (χ1v) is 9.43. The van der Waals surface area contributed by atoms with Crippen molar-refractivity contribution in [1.29, 1.82) is 0 Å². The summed E-state index contributed by atoms with van der Waals surface area (Å²) in [6, 6.07) is 10.2. The van der Waals surface area contributed by atoms with Gasteiger partial charge in [-0.25, -0.2) is 9.97 Å². The van der Waals surface area contributed by atoms with E-state index >= 15 is 0 Å². The van der Waals surface area contributed by atoms with E-state index in [4.69, 9.17) is 4.52 Å². The molecule has 0 bridgehead atoms. The third kappa shape index (κ3) is 3.05. The van der Waals surface area contributed by atoms with Crippen LogP contribution < -0.4 is 0 Å². The number of fused-ring (bicyclic) bond motifs is 1. The molecule has 0 saturated carbocycles. The second-order valence-corrected chi connectivity index (χ2v) is 7.04. The summed E-state index contributed by atoms with van der Waals surface area (Å²) in [5, 5.41) is 7.05. The van der Waals surface area contributed by atoms with Crippen molar-refractivity contribution in [1.82, 2.24) is 20.1 Å². The molecule has 0 fully saturated rings. The third-order valence-electron chi connectivity index (χ3n) is 3.63. The fraction of sp³-hybridized carbons (Fsp3) is 0.176. The maximum Gasteiger partial charge on any atom is 0.237 e. The van der Waals surface area contributed by atoms with E-state index in [1.807, 2.05) is 23.6 Å². The molecule has 0 N–H and O–H groups in total. The maximum absolute atomic E-state index is 5.37. The van der Waals surface area contributed by atoms with Gasteiger partial charge in [0.1, 0.15) is 11.4 Å². The van der Waals surface area contributed by atoms with Gasteiger partial charge in [-0.05, 0) is 23.4 Å². The van der Waals surface area contributed by atoms with Crippen LogP contribution in [-0.4, -0.2) is 20.1 Å². The molecule has 4 aromatic rings. The fourth-order valence-corrected chi connectivity index (χ4v) is 4.10. The Labute approximate surface area is 147 Å². The first-order valence-electron chi connectivity index (χ1n) is 7.56. The normalized spacial score (nSPS) is 11.2. The molecule has 120 valence electrons. The average Bonchev–Trinajstić information content (AvgIpc) is 3.29. The first-order chi connectivity index (χ1) is 11.8. The summed E-state index contributed by atoms with van der Waals surface area (Å²) < 4.78 is 6.46. The van der Waals surface area contributed by atoms with Crippen molar-refractivity contribution >= 4 is 33.3 Å². The lowest BCUT2D eigenvalue weighted by Crippen LogP contribution is -1.86. The van der Waals surface area contributed by atoms with Crippen molar-refractivity contribution in [3.63, 3.8) is 0 Å². The van der Waals surface area contributed by atoms with Gasteiger partial charge in [-0.15, -0.1) is 11.3 Å². The van der Waals surface area contributed by atoms with Crippen molar-refractivity contribution in [3.05, 3.63) is 53.5 Å². The number of nitrogens with zero attached hydrogens (tertiary/aromatic N) is 4. The molecule has 0 unspecified atom stereocenters. The van der Waals surface area contributed by atoms with E-state index in [-0.39, 0.29) is 0 Å². The molecule has 0 aliphatic rings. The summed E-state index contributed by atoms with van der Waals surface area (Å²) in [7, 11) is 0. The predicted octanol–water partition coefficient (Wildman–Crippen LogP) is 4.60. The van der Waals surface area contributed by atoms with Gasteiger partial charge in [-0.1, -0.05) is 48.1 Å². The van der Waals surface area contributed by atoms with Crippen molar-refractivity contribution in [2.24, 2.45) is 0 Å². The van der Waals surface area contributed by atoms with Crippen molar-refractivity contribution in [3.8, 4) is 11.4 Å². The van der Waals surface area contributed by atoms with Crippen molar-refractivity contribution in [2.45, 2.75) is 24.1 Å². The molecule has 3 aromatic heterocycles.